The Bertz CT molecular complexity index is 2020. The van der Waals surface area contributed by atoms with E-state index in [0.717, 1.165) is 32.1 Å². The molecule has 9 aliphatic rings. The van der Waals surface area contributed by atoms with E-state index in [4.69, 9.17) is 37.9 Å². The first-order valence-electron chi connectivity index (χ1n) is 26.7. The minimum absolute atomic E-state index is 0.0662. The molecule has 0 aromatic heterocycles. The molecule has 0 aromatic carbocycles. The third kappa shape index (κ3) is 9.10. The number of carbonyl (C=O) groups excluding carboxylic acids is 1. The van der Waals surface area contributed by atoms with E-state index in [0.29, 0.717) is 32.1 Å². The van der Waals surface area contributed by atoms with Gasteiger partial charge in [0.15, 0.2) is 25.0 Å². The number of allylic oxidation sites excluding steroid dienone is 2. The van der Waals surface area contributed by atoms with Gasteiger partial charge in [-0.05, 0) is 124 Å². The molecule has 4 saturated carbocycles. The molecule has 418 valence electrons. The first-order chi connectivity index (χ1) is 34.1. The van der Waals surface area contributed by atoms with Crippen LogP contribution in [-0.4, -0.2) is 209 Å². The molecule has 21 nitrogen and oxygen atoms in total. The second-order valence-corrected chi connectivity index (χ2v) is 25.2. The van der Waals surface area contributed by atoms with Gasteiger partial charge in [-0.1, -0.05) is 46.3 Å². The molecule has 0 radical (unpaired) electrons. The average molecular weight is 1050 g/mol. The fourth-order valence-corrected chi connectivity index (χ4v) is 15.7. The number of rotatable bonds is 9. The lowest BCUT2D eigenvalue weighted by Gasteiger charge is -2.70. The van der Waals surface area contributed by atoms with Crippen molar-refractivity contribution in [3.05, 3.63) is 11.6 Å². The third-order valence-electron chi connectivity index (χ3n) is 20.6. The molecule has 8 fully saturated rings. The van der Waals surface area contributed by atoms with Crippen LogP contribution < -0.4 is 0 Å². The lowest BCUT2D eigenvalue weighted by molar-refractivity contribution is -0.394. The summed E-state index contributed by atoms with van der Waals surface area (Å²) in [5.74, 6) is -0.623. The van der Waals surface area contributed by atoms with Gasteiger partial charge in [0.05, 0.1) is 42.5 Å². The van der Waals surface area contributed by atoms with Crippen molar-refractivity contribution in [2.45, 2.75) is 248 Å². The van der Waals surface area contributed by atoms with Gasteiger partial charge in [-0.2, -0.15) is 0 Å². The zero-order valence-electron chi connectivity index (χ0n) is 43.4. The lowest BCUT2D eigenvalue weighted by Crippen LogP contribution is -2.67. The molecule has 4 heterocycles. The molecule has 28 atom stereocenters. The fourth-order valence-electron chi connectivity index (χ4n) is 15.7. The molecular weight excluding hydrogens is 961 g/mol. The number of aliphatic hydroxyl groups is 12. The fraction of sp³-hybridized carbons (Fsp3) is 0.942. The molecule has 0 unspecified atom stereocenters. The van der Waals surface area contributed by atoms with Gasteiger partial charge in [-0.3, -0.25) is 4.79 Å². The van der Waals surface area contributed by atoms with Crippen LogP contribution in [0.2, 0.25) is 0 Å². The molecule has 5 aliphatic carbocycles. The predicted octanol–water partition coefficient (Wildman–Crippen LogP) is -0.616. The minimum atomic E-state index is -1.99. The van der Waals surface area contributed by atoms with Gasteiger partial charge in [-0.15, -0.1) is 0 Å². The standard InChI is InChI=1S/C52H84O21/c1-22-31(56)35(60)41(72-44-38(63)40(71-43-37(62)34(59)33(58)27(20-53)69-43)39(23(2)68-44)70-42-36(61)32(57)26(54)21-66-42)45(67-22)73-46(64)52-17-15-47(3,4)19-25(52)24-9-10-28-48(5)13-12-30(55)51(8,65)29(48)11-14-50(28,7)49(24,6)16-18-52/h9,22-23,25-45,53-63,65H,10-21H2,1-8H3/t22-,23+,25+,26-,27-,28-,29-,30+,31+,32+,33-,34+,35+,36-,37-,38-,39+,40+,41-,42+,43+,44+,45+,48-,49-,50-,51+,52+/m1/s1. The van der Waals surface area contributed by atoms with Gasteiger partial charge in [0.2, 0.25) is 6.29 Å². The molecule has 0 aromatic rings. The van der Waals surface area contributed by atoms with Gasteiger partial charge in [-0.25, -0.2) is 0 Å². The van der Waals surface area contributed by atoms with E-state index >= 15 is 4.79 Å². The highest BCUT2D eigenvalue weighted by Gasteiger charge is 2.70. The van der Waals surface area contributed by atoms with Crippen LogP contribution in [0.1, 0.15) is 120 Å². The summed E-state index contributed by atoms with van der Waals surface area (Å²) in [4.78, 5) is 15.4. The Hall–Kier alpha value is -1.55. The molecule has 0 amide bonds. The Kier molecular flexibility index (Phi) is 15.4. The van der Waals surface area contributed by atoms with E-state index in [2.05, 4.69) is 40.7 Å². The van der Waals surface area contributed by atoms with Gasteiger partial charge in [0, 0.05) is 0 Å². The van der Waals surface area contributed by atoms with Crippen LogP contribution in [-0.2, 0) is 42.7 Å². The highest BCUT2D eigenvalue weighted by Crippen LogP contribution is 2.75. The summed E-state index contributed by atoms with van der Waals surface area (Å²) in [5, 5.41) is 131. The second-order valence-electron chi connectivity index (χ2n) is 25.2. The van der Waals surface area contributed by atoms with Crippen molar-refractivity contribution in [2.24, 2.45) is 44.8 Å². The Morgan fingerprint density at radius 3 is 1.96 bits per heavy atom. The van der Waals surface area contributed by atoms with Crippen LogP contribution in [0, 0.1) is 44.8 Å². The van der Waals surface area contributed by atoms with Crippen molar-refractivity contribution < 1.29 is 104 Å². The monoisotopic (exact) mass is 1040 g/mol. The molecule has 0 spiro atoms. The normalized spacial score (nSPS) is 56.0. The first kappa shape index (κ1) is 56.2. The van der Waals surface area contributed by atoms with E-state index in [1.165, 1.54) is 19.4 Å². The number of esters is 1. The van der Waals surface area contributed by atoms with Crippen molar-refractivity contribution in [2.75, 3.05) is 13.2 Å². The van der Waals surface area contributed by atoms with Crippen LogP contribution in [0.15, 0.2) is 11.6 Å². The van der Waals surface area contributed by atoms with Gasteiger partial charge in [0.1, 0.15) is 73.2 Å². The number of hydrogen-bond donors (Lipinski definition) is 12. The average Bonchev–Trinajstić information content (AvgIpc) is 3.33. The number of carbonyl (C=O) groups is 1. The topological polar surface area (TPSA) is 334 Å². The smallest absolute Gasteiger partial charge is 0.315 e. The van der Waals surface area contributed by atoms with Crippen molar-refractivity contribution in [1.29, 1.82) is 0 Å². The number of hydrogen-bond acceptors (Lipinski definition) is 21. The predicted molar refractivity (Wildman–Crippen MR) is 251 cm³/mol. The second kappa shape index (κ2) is 20.0. The van der Waals surface area contributed by atoms with Crippen molar-refractivity contribution in [3.63, 3.8) is 0 Å². The summed E-state index contributed by atoms with van der Waals surface area (Å²) in [7, 11) is 0. The molecule has 21 heteroatoms. The van der Waals surface area contributed by atoms with Crippen LogP contribution in [0.25, 0.3) is 0 Å². The summed E-state index contributed by atoms with van der Waals surface area (Å²) in [6, 6.07) is 0. The van der Waals surface area contributed by atoms with Gasteiger partial charge >= 0.3 is 5.97 Å². The Balaban J connectivity index is 0.994. The Labute approximate surface area is 426 Å². The summed E-state index contributed by atoms with van der Waals surface area (Å²) >= 11 is 0. The van der Waals surface area contributed by atoms with Crippen molar-refractivity contribution in [1.82, 2.24) is 0 Å². The van der Waals surface area contributed by atoms with E-state index in [-0.39, 0.29) is 39.4 Å². The highest BCUT2D eigenvalue weighted by molar-refractivity contribution is 5.79. The maximum absolute atomic E-state index is 15.4. The maximum atomic E-state index is 15.4. The highest BCUT2D eigenvalue weighted by atomic mass is 16.8. The summed E-state index contributed by atoms with van der Waals surface area (Å²) in [5.41, 5.74) is -1.81. The van der Waals surface area contributed by atoms with Crippen LogP contribution in [0.5, 0.6) is 0 Å². The molecule has 4 saturated heterocycles. The number of aliphatic hydroxyl groups excluding tert-OH is 11. The largest absolute Gasteiger partial charge is 0.432 e. The maximum Gasteiger partial charge on any atom is 0.315 e. The van der Waals surface area contributed by atoms with E-state index in [1.54, 1.807) is 6.92 Å². The zero-order chi connectivity index (χ0) is 53.3. The molecule has 9 rings (SSSR count). The lowest BCUT2D eigenvalue weighted by atomic mass is 9.34. The molecule has 73 heavy (non-hydrogen) atoms. The Morgan fingerprint density at radius 1 is 0.630 bits per heavy atom. The Morgan fingerprint density at radius 2 is 1.26 bits per heavy atom. The zero-order valence-corrected chi connectivity index (χ0v) is 43.4. The van der Waals surface area contributed by atoms with Crippen LogP contribution in [0.3, 0.4) is 0 Å². The quantitative estimate of drug-likeness (QED) is 0.101. The number of fused-ring (bicyclic) bond motifs is 7. The van der Waals surface area contributed by atoms with E-state index < -0.39 is 153 Å². The van der Waals surface area contributed by atoms with E-state index in [9.17, 15) is 61.3 Å². The molecule has 0 bridgehead atoms. The van der Waals surface area contributed by atoms with Crippen LogP contribution >= 0.6 is 0 Å². The number of ether oxygens (including phenoxy) is 8. The minimum Gasteiger partial charge on any atom is -0.432 e. The molecular formula is C52H84O21. The van der Waals surface area contributed by atoms with E-state index in [1.807, 2.05) is 0 Å². The van der Waals surface area contributed by atoms with Crippen molar-refractivity contribution >= 4 is 5.97 Å². The SMILES string of the molecule is C[C@@H]1O[C@@H](O[C@H]2[C@H](OC(=O)[C@]34CCC(C)(C)C[C@H]3C3=CC[C@@H]5[C@@]6(C)CC[C@H](O)[C@@](C)(O)[C@@H]6CC[C@@]5(C)[C@]3(C)CC4)O[C@H](C)[C@H](O)[C@@H]2O)[C@H](O)[C@H](O[C@@H]2O[C@H](CO)[C@@H](O)[C@H](O)[C@H]2O)[C@H]1O[C@@H]1OC[C@@H](O)[C@H](O)[C@H]1O. The molecule has 4 aliphatic heterocycles. The summed E-state index contributed by atoms with van der Waals surface area (Å²) in [6.07, 6.45) is -23.0. The third-order valence-corrected chi connectivity index (χ3v) is 20.6. The summed E-state index contributed by atoms with van der Waals surface area (Å²) < 4.78 is 48.3. The van der Waals surface area contributed by atoms with Gasteiger partial charge < -0.3 is 99.2 Å². The first-order valence-corrected chi connectivity index (χ1v) is 26.7. The molecule has 12 N–H and O–H groups in total. The van der Waals surface area contributed by atoms with Crippen LogP contribution in [0.4, 0.5) is 0 Å². The van der Waals surface area contributed by atoms with Gasteiger partial charge in [0.25, 0.3) is 0 Å². The van der Waals surface area contributed by atoms with Crippen molar-refractivity contribution in [3.8, 4) is 0 Å². The summed E-state index contributed by atoms with van der Waals surface area (Å²) in [6.45, 7) is 15.0.